The standard InChI is InChI=1S/C18H21BrN2O/c1-13-5-4-6-17(14(13)2)20-18(22)12-21(3)11-15-7-9-16(19)10-8-15/h4-10H,11-12H2,1-3H3,(H,20,22)/p+1. The second-order valence-electron chi connectivity index (χ2n) is 5.73. The van der Waals surface area contributed by atoms with E-state index in [1.54, 1.807) is 0 Å². The number of likely N-dealkylation sites (N-methyl/N-ethyl adjacent to an activating group) is 1. The molecule has 0 aliphatic carbocycles. The Morgan fingerprint density at radius 1 is 1.14 bits per heavy atom. The van der Waals surface area contributed by atoms with E-state index in [1.807, 2.05) is 38.2 Å². The predicted octanol–water partition coefficient (Wildman–Crippen LogP) is 2.72. The van der Waals surface area contributed by atoms with E-state index >= 15 is 0 Å². The van der Waals surface area contributed by atoms with E-state index < -0.39 is 0 Å². The van der Waals surface area contributed by atoms with Crippen LogP contribution in [0, 0.1) is 13.8 Å². The molecule has 0 heterocycles. The van der Waals surface area contributed by atoms with Crippen molar-refractivity contribution < 1.29 is 9.69 Å². The first kappa shape index (κ1) is 16.7. The summed E-state index contributed by atoms with van der Waals surface area (Å²) in [4.78, 5) is 13.3. The third-order valence-corrected chi connectivity index (χ3v) is 4.29. The molecule has 4 heteroatoms. The molecule has 0 radical (unpaired) electrons. The summed E-state index contributed by atoms with van der Waals surface area (Å²) < 4.78 is 1.07. The van der Waals surface area contributed by atoms with Crippen LogP contribution in [0.4, 0.5) is 5.69 Å². The summed E-state index contributed by atoms with van der Waals surface area (Å²) in [5.41, 5.74) is 4.44. The second-order valence-corrected chi connectivity index (χ2v) is 6.65. The van der Waals surface area contributed by atoms with Crippen LogP contribution in [0.3, 0.4) is 0 Å². The van der Waals surface area contributed by atoms with Gasteiger partial charge in [-0.1, -0.05) is 40.2 Å². The average molecular weight is 362 g/mol. The lowest BCUT2D eigenvalue weighted by molar-refractivity contribution is -0.885. The molecule has 1 atom stereocenters. The van der Waals surface area contributed by atoms with Crippen LogP contribution in [-0.4, -0.2) is 19.5 Å². The van der Waals surface area contributed by atoms with E-state index in [-0.39, 0.29) is 5.91 Å². The summed E-state index contributed by atoms with van der Waals surface area (Å²) in [6.45, 7) is 5.36. The zero-order valence-electron chi connectivity index (χ0n) is 13.2. The number of halogens is 1. The van der Waals surface area contributed by atoms with Gasteiger partial charge in [0.25, 0.3) is 5.91 Å². The quantitative estimate of drug-likeness (QED) is 0.843. The van der Waals surface area contributed by atoms with E-state index in [1.165, 1.54) is 11.1 Å². The van der Waals surface area contributed by atoms with Crippen molar-refractivity contribution in [2.45, 2.75) is 20.4 Å². The molecule has 3 nitrogen and oxygen atoms in total. The smallest absolute Gasteiger partial charge is 0.279 e. The summed E-state index contributed by atoms with van der Waals surface area (Å²) in [7, 11) is 2.03. The Balaban J connectivity index is 1.91. The fourth-order valence-electron chi connectivity index (χ4n) is 2.37. The van der Waals surface area contributed by atoms with E-state index in [9.17, 15) is 4.79 Å². The second kappa shape index (κ2) is 7.56. The maximum absolute atomic E-state index is 12.2. The zero-order chi connectivity index (χ0) is 16.1. The monoisotopic (exact) mass is 361 g/mol. The fraction of sp³-hybridized carbons (Fsp3) is 0.278. The number of aryl methyl sites for hydroxylation is 1. The van der Waals surface area contributed by atoms with Gasteiger partial charge in [-0.15, -0.1) is 0 Å². The molecule has 2 aromatic rings. The van der Waals surface area contributed by atoms with E-state index in [4.69, 9.17) is 0 Å². The van der Waals surface area contributed by atoms with Crippen molar-refractivity contribution in [2.24, 2.45) is 0 Å². The van der Waals surface area contributed by atoms with Gasteiger partial charge in [0.05, 0.1) is 7.05 Å². The van der Waals surface area contributed by atoms with Crippen LogP contribution in [-0.2, 0) is 11.3 Å². The Morgan fingerprint density at radius 2 is 1.82 bits per heavy atom. The van der Waals surface area contributed by atoms with Gasteiger partial charge in [0, 0.05) is 15.7 Å². The van der Waals surface area contributed by atoms with E-state index in [0.717, 1.165) is 27.2 Å². The minimum Gasteiger partial charge on any atom is -0.326 e. The highest BCUT2D eigenvalue weighted by Gasteiger charge is 2.12. The van der Waals surface area contributed by atoms with Crippen LogP contribution in [0.1, 0.15) is 16.7 Å². The molecule has 0 aliphatic rings. The largest absolute Gasteiger partial charge is 0.326 e. The molecule has 1 amide bonds. The molecule has 2 aromatic carbocycles. The van der Waals surface area contributed by atoms with Gasteiger partial charge >= 0.3 is 0 Å². The van der Waals surface area contributed by atoms with Gasteiger partial charge in [0.1, 0.15) is 6.54 Å². The Labute approximate surface area is 140 Å². The van der Waals surface area contributed by atoms with Crippen LogP contribution < -0.4 is 10.2 Å². The number of carbonyl (C=O) groups is 1. The highest BCUT2D eigenvalue weighted by Crippen LogP contribution is 2.17. The minimum atomic E-state index is 0.0447. The number of anilines is 1. The molecule has 22 heavy (non-hydrogen) atoms. The molecule has 0 aliphatic heterocycles. The Hall–Kier alpha value is -1.65. The van der Waals surface area contributed by atoms with Crippen molar-refractivity contribution in [3.8, 4) is 0 Å². The molecule has 0 bridgehead atoms. The maximum atomic E-state index is 12.2. The third kappa shape index (κ3) is 4.68. The van der Waals surface area contributed by atoms with Gasteiger partial charge in [-0.2, -0.15) is 0 Å². The van der Waals surface area contributed by atoms with Gasteiger partial charge in [0.2, 0.25) is 0 Å². The SMILES string of the molecule is Cc1cccc(NC(=O)C[NH+](C)Cc2ccc(Br)cc2)c1C. The van der Waals surface area contributed by atoms with E-state index in [0.29, 0.717) is 6.54 Å². The normalized spacial score (nSPS) is 12.0. The molecule has 0 spiro atoms. The lowest BCUT2D eigenvalue weighted by Crippen LogP contribution is -3.08. The van der Waals surface area contributed by atoms with Crippen molar-refractivity contribution >= 4 is 27.5 Å². The summed E-state index contributed by atoms with van der Waals surface area (Å²) in [5, 5.41) is 3.01. The van der Waals surface area contributed by atoms with Gasteiger partial charge in [0.15, 0.2) is 6.54 Å². The van der Waals surface area contributed by atoms with Crippen molar-refractivity contribution in [1.29, 1.82) is 0 Å². The van der Waals surface area contributed by atoms with Gasteiger partial charge in [-0.05, 0) is 43.2 Å². The summed E-state index contributed by atoms with van der Waals surface area (Å²) in [5.74, 6) is 0.0447. The van der Waals surface area contributed by atoms with E-state index in [2.05, 4.69) is 46.4 Å². The number of carbonyl (C=O) groups excluding carboxylic acids is 1. The number of amides is 1. The predicted molar refractivity (Wildman–Crippen MR) is 94.1 cm³/mol. The number of rotatable bonds is 5. The lowest BCUT2D eigenvalue weighted by Gasteiger charge is -2.15. The number of quaternary nitrogens is 1. The molecular formula is C18H22BrN2O+. The average Bonchev–Trinajstić information content (AvgIpc) is 2.46. The maximum Gasteiger partial charge on any atom is 0.279 e. The molecule has 2 N–H and O–H groups in total. The van der Waals surface area contributed by atoms with Crippen molar-refractivity contribution in [1.82, 2.24) is 0 Å². The molecule has 0 saturated carbocycles. The fourth-order valence-corrected chi connectivity index (χ4v) is 2.63. The van der Waals surface area contributed by atoms with Crippen molar-refractivity contribution in [2.75, 3.05) is 18.9 Å². The van der Waals surface area contributed by atoms with Crippen LogP contribution in [0.5, 0.6) is 0 Å². The first-order chi connectivity index (χ1) is 10.5. The Morgan fingerprint density at radius 3 is 2.50 bits per heavy atom. The molecule has 2 rings (SSSR count). The van der Waals surface area contributed by atoms with Crippen LogP contribution in [0.25, 0.3) is 0 Å². The highest BCUT2D eigenvalue weighted by molar-refractivity contribution is 9.10. The minimum absolute atomic E-state index is 0.0447. The summed E-state index contributed by atoms with van der Waals surface area (Å²) in [6, 6.07) is 14.2. The number of nitrogens with one attached hydrogen (secondary N) is 2. The Kier molecular flexibility index (Phi) is 5.75. The highest BCUT2D eigenvalue weighted by atomic mass is 79.9. The molecule has 116 valence electrons. The number of benzene rings is 2. The zero-order valence-corrected chi connectivity index (χ0v) is 14.8. The van der Waals surface area contributed by atoms with Crippen LogP contribution >= 0.6 is 15.9 Å². The van der Waals surface area contributed by atoms with Crippen LogP contribution in [0.15, 0.2) is 46.9 Å². The van der Waals surface area contributed by atoms with Gasteiger partial charge < -0.3 is 10.2 Å². The first-order valence-corrected chi connectivity index (χ1v) is 8.17. The van der Waals surface area contributed by atoms with Crippen LogP contribution in [0.2, 0.25) is 0 Å². The number of hydrogen-bond acceptors (Lipinski definition) is 1. The van der Waals surface area contributed by atoms with Gasteiger partial charge in [-0.25, -0.2) is 0 Å². The van der Waals surface area contributed by atoms with Crippen molar-refractivity contribution in [3.63, 3.8) is 0 Å². The molecule has 1 unspecified atom stereocenters. The lowest BCUT2D eigenvalue weighted by atomic mass is 10.1. The van der Waals surface area contributed by atoms with Crippen molar-refractivity contribution in [3.05, 3.63) is 63.6 Å². The first-order valence-electron chi connectivity index (χ1n) is 7.37. The molecule has 0 saturated heterocycles. The molecule has 0 aromatic heterocycles. The van der Waals surface area contributed by atoms with Gasteiger partial charge in [-0.3, -0.25) is 4.79 Å². The summed E-state index contributed by atoms with van der Waals surface area (Å²) in [6.07, 6.45) is 0. The Bertz CT molecular complexity index is 653. The third-order valence-electron chi connectivity index (χ3n) is 3.76. The summed E-state index contributed by atoms with van der Waals surface area (Å²) >= 11 is 3.43. The number of hydrogen-bond donors (Lipinski definition) is 2. The topological polar surface area (TPSA) is 33.5 Å². The molecular weight excluding hydrogens is 340 g/mol. The molecule has 0 fully saturated rings.